The van der Waals surface area contributed by atoms with E-state index in [0.717, 1.165) is 19.5 Å². The number of carbonyl (C=O) groups is 1. The van der Waals surface area contributed by atoms with Gasteiger partial charge in [0.1, 0.15) is 5.82 Å². The predicted molar refractivity (Wildman–Crippen MR) is 82.2 cm³/mol. The van der Waals surface area contributed by atoms with Crippen molar-refractivity contribution in [3.8, 4) is 0 Å². The minimum absolute atomic E-state index is 0.0184. The highest BCUT2D eigenvalue weighted by Crippen LogP contribution is 2.25. The van der Waals surface area contributed by atoms with Crippen LogP contribution in [0.25, 0.3) is 0 Å². The van der Waals surface area contributed by atoms with E-state index in [0.29, 0.717) is 31.3 Å². The average Bonchev–Trinajstić information content (AvgIpc) is 2.94. The molecule has 4 nitrogen and oxygen atoms in total. The number of nitrogens with zero attached hydrogens (tertiary/aromatic N) is 2. The molecule has 2 heterocycles. The first-order valence-corrected chi connectivity index (χ1v) is 7.69. The highest BCUT2D eigenvalue weighted by atomic mass is 19.1. The lowest BCUT2D eigenvalue weighted by molar-refractivity contribution is 0.0561. The topological polar surface area (TPSA) is 32.8 Å². The Kier molecular flexibility index (Phi) is 4.55. The summed E-state index contributed by atoms with van der Waals surface area (Å²) in [5.74, 6) is -0.338. The summed E-state index contributed by atoms with van der Waals surface area (Å²) >= 11 is 0. The molecule has 0 aromatic heterocycles. The van der Waals surface area contributed by atoms with E-state index in [1.165, 1.54) is 12.1 Å². The SMILES string of the molecule is C=CCO[C@@H]1C[C@H]2CN(C(=O)c3ccc(F)cc3)CCN2C1. The van der Waals surface area contributed by atoms with Crippen LogP contribution in [0, 0.1) is 5.82 Å². The van der Waals surface area contributed by atoms with Crippen LogP contribution in [0.15, 0.2) is 36.9 Å². The number of hydrogen-bond donors (Lipinski definition) is 0. The van der Waals surface area contributed by atoms with E-state index in [2.05, 4.69) is 11.5 Å². The molecule has 2 fully saturated rings. The molecule has 0 bridgehead atoms. The molecule has 5 heteroatoms. The fourth-order valence-corrected chi connectivity index (χ4v) is 3.28. The van der Waals surface area contributed by atoms with Crippen molar-refractivity contribution in [2.24, 2.45) is 0 Å². The molecule has 1 aromatic rings. The van der Waals surface area contributed by atoms with Gasteiger partial charge < -0.3 is 9.64 Å². The summed E-state index contributed by atoms with van der Waals surface area (Å²) < 4.78 is 18.7. The molecule has 22 heavy (non-hydrogen) atoms. The number of rotatable bonds is 4. The standard InChI is InChI=1S/C17H21FN2O2/c1-2-9-22-16-10-15-11-20(8-7-19(15)12-16)17(21)13-3-5-14(18)6-4-13/h2-6,15-16H,1,7-12H2/t15-,16+/m0/s1. The van der Waals surface area contributed by atoms with Crippen LogP contribution in [0.4, 0.5) is 4.39 Å². The third-order valence-corrected chi connectivity index (χ3v) is 4.41. The molecule has 0 spiro atoms. The number of benzene rings is 1. The van der Waals surface area contributed by atoms with E-state index >= 15 is 0 Å². The normalized spacial score (nSPS) is 25.0. The molecule has 0 N–H and O–H groups in total. The number of ether oxygens (including phenoxy) is 1. The maximum atomic E-state index is 13.0. The second-order valence-corrected chi connectivity index (χ2v) is 5.89. The Morgan fingerprint density at radius 1 is 1.32 bits per heavy atom. The van der Waals surface area contributed by atoms with Crippen molar-refractivity contribution in [2.75, 3.05) is 32.8 Å². The molecule has 0 radical (unpaired) electrons. The second kappa shape index (κ2) is 6.58. The van der Waals surface area contributed by atoms with E-state index in [4.69, 9.17) is 4.74 Å². The molecule has 0 unspecified atom stereocenters. The number of amides is 1. The number of piperazine rings is 1. The first kappa shape index (κ1) is 15.2. The number of halogens is 1. The summed E-state index contributed by atoms with van der Waals surface area (Å²) in [4.78, 5) is 16.8. The van der Waals surface area contributed by atoms with Crippen LogP contribution in [-0.2, 0) is 4.74 Å². The fraction of sp³-hybridized carbons (Fsp3) is 0.471. The molecule has 2 saturated heterocycles. The van der Waals surface area contributed by atoms with E-state index in [9.17, 15) is 9.18 Å². The van der Waals surface area contributed by atoms with Gasteiger partial charge in [-0.05, 0) is 30.7 Å². The fourth-order valence-electron chi connectivity index (χ4n) is 3.28. The highest BCUT2D eigenvalue weighted by molar-refractivity contribution is 5.94. The molecular formula is C17H21FN2O2. The van der Waals surface area contributed by atoms with Crippen LogP contribution in [0.3, 0.4) is 0 Å². The van der Waals surface area contributed by atoms with Gasteiger partial charge in [0.05, 0.1) is 12.7 Å². The van der Waals surface area contributed by atoms with Gasteiger partial charge in [-0.3, -0.25) is 9.69 Å². The average molecular weight is 304 g/mol. The van der Waals surface area contributed by atoms with Gasteiger partial charge in [0.25, 0.3) is 5.91 Å². The van der Waals surface area contributed by atoms with Gasteiger partial charge >= 0.3 is 0 Å². The maximum absolute atomic E-state index is 13.0. The Morgan fingerprint density at radius 2 is 2.09 bits per heavy atom. The van der Waals surface area contributed by atoms with Crippen molar-refractivity contribution in [1.82, 2.24) is 9.80 Å². The van der Waals surface area contributed by atoms with Gasteiger partial charge in [0.15, 0.2) is 0 Å². The zero-order valence-electron chi connectivity index (χ0n) is 12.6. The molecule has 3 rings (SSSR count). The summed E-state index contributed by atoms with van der Waals surface area (Å²) in [5, 5.41) is 0. The summed E-state index contributed by atoms with van der Waals surface area (Å²) in [7, 11) is 0. The summed E-state index contributed by atoms with van der Waals surface area (Å²) in [6.45, 7) is 7.46. The van der Waals surface area contributed by atoms with Crippen molar-refractivity contribution in [3.05, 3.63) is 48.3 Å². The molecule has 0 aliphatic carbocycles. The van der Waals surface area contributed by atoms with E-state index < -0.39 is 0 Å². The third kappa shape index (κ3) is 3.20. The monoisotopic (exact) mass is 304 g/mol. The van der Waals surface area contributed by atoms with Gasteiger partial charge in [-0.1, -0.05) is 6.08 Å². The van der Waals surface area contributed by atoms with Gasteiger partial charge in [0.2, 0.25) is 0 Å². The summed E-state index contributed by atoms with van der Waals surface area (Å²) in [5.41, 5.74) is 0.548. The van der Waals surface area contributed by atoms with Crippen molar-refractivity contribution >= 4 is 5.91 Å². The lowest BCUT2D eigenvalue weighted by Crippen LogP contribution is -2.52. The summed E-state index contributed by atoms with van der Waals surface area (Å²) in [6, 6.07) is 6.12. The Bertz CT molecular complexity index is 546. The van der Waals surface area contributed by atoms with Crippen LogP contribution >= 0.6 is 0 Å². The molecule has 2 aliphatic rings. The number of hydrogen-bond acceptors (Lipinski definition) is 3. The van der Waals surface area contributed by atoms with Crippen LogP contribution in [0.5, 0.6) is 0 Å². The Balaban J connectivity index is 1.60. The van der Waals surface area contributed by atoms with Gasteiger partial charge in [0, 0.05) is 37.8 Å². The largest absolute Gasteiger partial charge is 0.373 e. The molecule has 1 amide bonds. The first-order chi connectivity index (χ1) is 10.7. The number of carbonyl (C=O) groups excluding carboxylic acids is 1. The molecule has 1 aromatic carbocycles. The van der Waals surface area contributed by atoms with Crippen LogP contribution in [0.1, 0.15) is 16.8 Å². The van der Waals surface area contributed by atoms with E-state index in [1.807, 2.05) is 4.90 Å². The second-order valence-electron chi connectivity index (χ2n) is 5.89. The first-order valence-electron chi connectivity index (χ1n) is 7.69. The molecule has 2 atom stereocenters. The maximum Gasteiger partial charge on any atom is 0.253 e. The van der Waals surface area contributed by atoms with Crippen molar-refractivity contribution in [2.45, 2.75) is 18.6 Å². The number of fused-ring (bicyclic) bond motifs is 1. The van der Waals surface area contributed by atoms with E-state index in [1.54, 1.807) is 18.2 Å². The Morgan fingerprint density at radius 3 is 2.82 bits per heavy atom. The van der Waals surface area contributed by atoms with Crippen LogP contribution < -0.4 is 0 Å². The smallest absolute Gasteiger partial charge is 0.253 e. The highest BCUT2D eigenvalue weighted by Gasteiger charge is 2.37. The van der Waals surface area contributed by atoms with Gasteiger partial charge in [-0.15, -0.1) is 6.58 Å². The molecular weight excluding hydrogens is 283 g/mol. The molecule has 2 aliphatic heterocycles. The summed E-state index contributed by atoms with van der Waals surface area (Å²) in [6.07, 6.45) is 2.94. The Hall–Kier alpha value is -1.72. The van der Waals surface area contributed by atoms with E-state index in [-0.39, 0.29) is 17.8 Å². The van der Waals surface area contributed by atoms with Crippen LogP contribution in [0.2, 0.25) is 0 Å². The van der Waals surface area contributed by atoms with Crippen molar-refractivity contribution in [3.63, 3.8) is 0 Å². The van der Waals surface area contributed by atoms with Crippen molar-refractivity contribution < 1.29 is 13.9 Å². The zero-order chi connectivity index (χ0) is 15.5. The van der Waals surface area contributed by atoms with Crippen molar-refractivity contribution in [1.29, 1.82) is 0 Å². The molecule has 0 saturated carbocycles. The molecule has 118 valence electrons. The predicted octanol–water partition coefficient (Wildman–Crippen LogP) is 1.93. The lowest BCUT2D eigenvalue weighted by atomic mass is 10.1. The van der Waals surface area contributed by atoms with Gasteiger partial charge in [-0.2, -0.15) is 0 Å². The lowest BCUT2D eigenvalue weighted by Gasteiger charge is -2.37. The zero-order valence-corrected chi connectivity index (χ0v) is 12.6. The Labute approximate surface area is 130 Å². The third-order valence-electron chi connectivity index (χ3n) is 4.41. The minimum Gasteiger partial charge on any atom is -0.373 e. The minimum atomic E-state index is -0.320. The van der Waals surface area contributed by atoms with Gasteiger partial charge in [-0.25, -0.2) is 4.39 Å². The quantitative estimate of drug-likeness (QED) is 0.797. The van der Waals surface area contributed by atoms with Crippen LogP contribution in [-0.4, -0.2) is 60.6 Å².